The topological polar surface area (TPSA) is 97.5 Å². The van der Waals surface area contributed by atoms with Crippen molar-refractivity contribution in [2.45, 2.75) is 45.3 Å². The zero-order valence-electron chi connectivity index (χ0n) is 16.0. The van der Waals surface area contributed by atoms with Crippen LogP contribution in [0.15, 0.2) is 11.2 Å². The SMILES string of the molecule is Cc1cc(C)n2c(SCC(=O)N(CC(C)C)[C@H]3CCS(=O)(=O)C3)nnc2n1. The van der Waals surface area contributed by atoms with Crippen LogP contribution in [-0.2, 0) is 14.6 Å². The number of carbonyl (C=O) groups excluding carboxylic acids is 1. The molecule has 148 valence electrons. The summed E-state index contributed by atoms with van der Waals surface area (Å²) in [7, 11) is -3.04. The van der Waals surface area contributed by atoms with Gasteiger partial charge in [-0.2, -0.15) is 0 Å². The summed E-state index contributed by atoms with van der Waals surface area (Å²) >= 11 is 1.31. The number of hydrogen-bond acceptors (Lipinski definition) is 7. The fourth-order valence-electron chi connectivity index (χ4n) is 3.37. The van der Waals surface area contributed by atoms with E-state index in [1.807, 2.05) is 38.2 Å². The molecule has 1 fully saturated rings. The van der Waals surface area contributed by atoms with E-state index < -0.39 is 9.84 Å². The Kier molecular flexibility index (Phi) is 5.76. The van der Waals surface area contributed by atoms with Gasteiger partial charge in [-0.1, -0.05) is 25.6 Å². The highest BCUT2D eigenvalue weighted by atomic mass is 32.2. The van der Waals surface area contributed by atoms with Gasteiger partial charge in [0.15, 0.2) is 15.0 Å². The van der Waals surface area contributed by atoms with Crippen LogP contribution < -0.4 is 0 Å². The van der Waals surface area contributed by atoms with Crippen molar-refractivity contribution in [1.29, 1.82) is 0 Å². The molecule has 0 aliphatic carbocycles. The summed E-state index contributed by atoms with van der Waals surface area (Å²) in [6.45, 7) is 8.46. The average Bonchev–Trinajstić information content (AvgIpc) is 3.13. The molecule has 0 N–H and O–H groups in total. The Hall–Kier alpha value is -1.68. The highest BCUT2D eigenvalue weighted by Gasteiger charge is 2.34. The van der Waals surface area contributed by atoms with E-state index in [0.717, 1.165) is 11.4 Å². The second-order valence-corrected chi connectivity index (χ2v) is 10.6. The third-order valence-corrected chi connectivity index (χ3v) is 7.18. The van der Waals surface area contributed by atoms with Crippen molar-refractivity contribution in [2.75, 3.05) is 23.8 Å². The van der Waals surface area contributed by atoms with E-state index in [-0.39, 0.29) is 35.1 Å². The number of rotatable bonds is 6. The number of fused-ring (bicyclic) bond motifs is 1. The minimum atomic E-state index is -3.04. The first-order valence-electron chi connectivity index (χ1n) is 8.98. The molecule has 27 heavy (non-hydrogen) atoms. The molecule has 1 amide bonds. The molecule has 3 heterocycles. The van der Waals surface area contributed by atoms with Crippen molar-refractivity contribution < 1.29 is 13.2 Å². The summed E-state index contributed by atoms with van der Waals surface area (Å²) < 4.78 is 25.5. The first kappa shape index (κ1) is 20.1. The summed E-state index contributed by atoms with van der Waals surface area (Å²) in [6.07, 6.45) is 0.516. The fraction of sp³-hybridized carbons (Fsp3) is 0.647. The molecule has 0 saturated carbocycles. The number of aryl methyl sites for hydroxylation is 2. The van der Waals surface area contributed by atoms with E-state index in [2.05, 4.69) is 15.2 Å². The largest absolute Gasteiger partial charge is 0.338 e. The summed E-state index contributed by atoms with van der Waals surface area (Å²) in [5.74, 6) is 1.13. The Bertz CT molecular complexity index is 955. The van der Waals surface area contributed by atoms with Crippen molar-refractivity contribution in [3.8, 4) is 0 Å². The molecular formula is C17H25N5O3S2. The summed E-state index contributed by atoms with van der Waals surface area (Å²) in [6, 6.07) is 1.71. The summed E-state index contributed by atoms with van der Waals surface area (Å²) in [4.78, 5) is 19.0. The monoisotopic (exact) mass is 411 g/mol. The lowest BCUT2D eigenvalue weighted by atomic mass is 10.1. The predicted octanol–water partition coefficient (Wildman–Crippen LogP) is 1.50. The molecule has 8 nitrogen and oxygen atoms in total. The van der Waals surface area contributed by atoms with Gasteiger partial charge >= 0.3 is 0 Å². The molecular weight excluding hydrogens is 386 g/mol. The quantitative estimate of drug-likeness (QED) is 0.665. The van der Waals surface area contributed by atoms with Crippen LogP contribution in [0.4, 0.5) is 0 Å². The Balaban J connectivity index is 1.75. The van der Waals surface area contributed by atoms with Crippen molar-refractivity contribution in [3.05, 3.63) is 17.5 Å². The summed E-state index contributed by atoms with van der Waals surface area (Å²) in [5.41, 5.74) is 1.82. The van der Waals surface area contributed by atoms with Gasteiger partial charge in [0, 0.05) is 24.0 Å². The number of thioether (sulfide) groups is 1. The molecule has 1 atom stereocenters. The van der Waals surface area contributed by atoms with Gasteiger partial charge in [0.05, 0.1) is 17.3 Å². The van der Waals surface area contributed by atoms with E-state index in [9.17, 15) is 13.2 Å². The number of nitrogens with zero attached hydrogens (tertiary/aromatic N) is 5. The van der Waals surface area contributed by atoms with Gasteiger partial charge in [-0.25, -0.2) is 13.4 Å². The Labute approximate surface area is 163 Å². The van der Waals surface area contributed by atoms with Crippen LogP contribution in [0.5, 0.6) is 0 Å². The second kappa shape index (κ2) is 7.75. The minimum absolute atomic E-state index is 0.0618. The first-order chi connectivity index (χ1) is 12.7. The summed E-state index contributed by atoms with van der Waals surface area (Å²) in [5, 5.41) is 8.86. The number of hydrogen-bond donors (Lipinski definition) is 0. The fourth-order valence-corrected chi connectivity index (χ4v) is 5.97. The number of carbonyl (C=O) groups is 1. The molecule has 10 heteroatoms. The molecule has 2 aromatic heterocycles. The molecule has 1 saturated heterocycles. The van der Waals surface area contributed by atoms with Crippen LogP contribution in [0.25, 0.3) is 5.78 Å². The lowest BCUT2D eigenvalue weighted by Crippen LogP contribution is -2.44. The Morgan fingerprint density at radius 1 is 1.37 bits per heavy atom. The normalized spacial score (nSPS) is 19.1. The highest BCUT2D eigenvalue weighted by molar-refractivity contribution is 7.99. The van der Waals surface area contributed by atoms with E-state index >= 15 is 0 Å². The van der Waals surface area contributed by atoms with Crippen LogP contribution in [0.1, 0.15) is 31.7 Å². The smallest absolute Gasteiger partial charge is 0.256 e. The molecule has 0 radical (unpaired) electrons. The first-order valence-corrected chi connectivity index (χ1v) is 11.8. The maximum absolute atomic E-state index is 12.9. The van der Waals surface area contributed by atoms with Gasteiger partial charge in [-0.05, 0) is 32.3 Å². The zero-order chi connectivity index (χ0) is 19.8. The Morgan fingerprint density at radius 2 is 2.11 bits per heavy atom. The Morgan fingerprint density at radius 3 is 2.74 bits per heavy atom. The minimum Gasteiger partial charge on any atom is -0.338 e. The number of amides is 1. The van der Waals surface area contributed by atoms with Crippen LogP contribution in [-0.4, -0.2) is 68.7 Å². The standard InChI is InChI=1S/C17H25N5O3S2/c1-11(2)8-21(14-5-6-27(24,25)10-14)15(23)9-26-17-20-19-16-18-12(3)7-13(4)22(16)17/h7,11,14H,5-6,8-10H2,1-4H3/t14-/m0/s1. The van der Waals surface area contributed by atoms with E-state index in [1.54, 1.807) is 4.90 Å². The van der Waals surface area contributed by atoms with Gasteiger partial charge in [-0.3, -0.25) is 9.20 Å². The van der Waals surface area contributed by atoms with Gasteiger partial charge in [0.25, 0.3) is 5.78 Å². The third kappa shape index (κ3) is 4.60. The van der Waals surface area contributed by atoms with Crippen molar-refractivity contribution in [3.63, 3.8) is 0 Å². The van der Waals surface area contributed by atoms with Crippen molar-refractivity contribution in [1.82, 2.24) is 24.5 Å². The number of aromatic nitrogens is 4. The van der Waals surface area contributed by atoms with Crippen LogP contribution in [0, 0.1) is 19.8 Å². The average molecular weight is 412 g/mol. The number of sulfone groups is 1. The van der Waals surface area contributed by atoms with E-state index in [4.69, 9.17) is 0 Å². The van der Waals surface area contributed by atoms with Gasteiger partial charge in [0.2, 0.25) is 5.91 Å². The molecule has 1 aliphatic rings. The lowest BCUT2D eigenvalue weighted by Gasteiger charge is -2.29. The van der Waals surface area contributed by atoms with Crippen molar-refractivity contribution >= 4 is 33.3 Å². The van der Waals surface area contributed by atoms with Crippen LogP contribution in [0.2, 0.25) is 0 Å². The second-order valence-electron chi connectivity index (χ2n) is 7.44. The van der Waals surface area contributed by atoms with E-state index in [1.165, 1.54) is 11.8 Å². The van der Waals surface area contributed by atoms with Crippen LogP contribution >= 0.6 is 11.8 Å². The molecule has 3 rings (SSSR count). The maximum atomic E-state index is 12.9. The van der Waals surface area contributed by atoms with E-state index in [0.29, 0.717) is 23.9 Å². The molecule has 2 aromatic rings. The van der Waals surface area contributed by atoms with Crippen LogP contribution in [0.3, 0.4) is 0 Å². The predicted molar refractivity (Wildman–Crippen MR) is 105 cm³/mol. The maximum Gasteiger partial charge on any atom is 0.256 e. The lowest BCUT2D eigenvalue weighted by molar-refractivity contribution is -0.130. The molecule has 0 spiro atoms. The van der Waals surface area contributed by atoms with Gasteiger partial charge < -0.3 is 4.90 Å². The molecule has 0 unspecified atom stereocenters. The third-order valence-electron chi connectivity index (χ3n) is 4.52. The van der Waals surface area contributed by atoms with Crippen molar-refractivity contribution in [2.24, 2.45) is 5.92 Å². The molecule has 0 aromatic carbocycles. The van der Waals surface area contributed by atoms with Gasteiger partial charge in [-0.15, -0.1) is 10.2 Å². The highest BCUT2D eigenvalue weighted by Crippen LogP contribution is 2.23. The zero-order valence-corrected chi connectivity index (χ0v) is 17.7. The molecule has 0 bridgehead atoms. The van der Waals surface area contributed by atoms with Gasteiger partial charge in [0.1, 0.15) is 0 Å². The molecule has 1 aliphatic heterocycles.